The van der Waals surface area contributed by atoms with Crippen molar-refractivity contribution in [3.05, 3.63) is 18.2 Å². The number of fused-ring (bicyclic) bond motifs is 1. The molecule has 1 aromatic heterocycles. The predicted molar refractivity (Wildman–Crippen MR) is 92.5 cm³/mol. The summed E-state index contributed by atoms with van der Waals surface area (Å²) in [5.41, 5.74) is 1.27. The Balaban J connectivity index is 1.70. The van der Waals surface area contributed by atoms with Gasteiger partial charge < -0.3 is 10.6 Å². The van der Waals surface area contributed by atoms with Gasteiger partial charge in [0.05, 0.1) is 16.5 Å². The number of hydrogen-bond acceptors (Lipinski definition) is 5. The largest absolute Gasteiger partial charge is 0.335 e. The minimum atomic E-state index is -3.35. The van der Waals surface area contributed by atoms with Gasteiger partial charge in [-0.05, 0) is 31.0 Å². The summed E-state index contributed by atoms with van der Waals surface area (Å²) in [6.45, 7) is 0. The first-order valence-electron chi connectivity index (χ1n) is 7.35. The van der Waals surface area contributed by atoms with Gasteiger partial charge in [-0.25, -0.2) is 18.2 Å². The van der Waals surface area contributed by atoms with Crippen LogP contribution in [0.2, 0.25) is 0 Å². The maximum atomic E-state index is 12.0. The third kappa shape index (κ3) is 4.32. The maximum absolute atomic E-state index is 12.0. The molecule has 1 aliphatic rings. The summed E-state index contributed by atoms with van der Waals surface area (Å²) in [6, 6.07) is 5.35. The van der Waals surface area contributed by atoms with Gasteiger partial charge in [-0.1, -0.05) is 24.2 Å². The zero-order valence-corrected chi connectivity index (χ0v) is 14.3. The number of carbonyl (C=O) groups excluding carboxylic acids is 1. The molecule has 124 valence electrons. The maximum Gasteiger partial charge on any atom is 0.319 e. The van der Waals surface area contributed by atoms with Gasteiger partial charge in [-0.15, -0.1) is 0 Å². The fraction of sp³-hybridized carbons (Fsp3) is 0.429. The van der Waals surface area contributed by atoms with Crippen LogP contribution >= 0.6 is 11.3 Å². The summed E-state index contributed by atoms with van der Waals surface area (Å²) in [5.74, 6) is 0. The Labute approximate surface area is 138 Å². The molecule has 0 saturated heterocycles. The average molecular weight is 354 g/mol. The van der Waals surface area contributed by atoms with E-state index in [1.54, 1.807) is 12.1 Å². The first kappa shape index (κ1) is 16.0. The van der Waals surface area contributed by atoms with E-state index in [-0.39, 0.29) is 12.1 Å². The van der Waals surface area contributed by atoms with Gasteiger partial charge in [0, 0.05) is 11.7 Å². The molecule has 0 unspecified atom stereocenters. The van der Waals surface area contributed by atoms with Crippen LogP contribution in [0.4, 0.5) is 15.6 Å². The zero-order valence-electron chi connectivity index (χ0n) is 12.6. The van der Waals surface area contributed by atoms with Crippen LogP contribution in [-0.4, -0.2) is 31.7 Å². The lowest BCUT2D eigenvalue weighted by Gasteiger charge is -2.12. The van der Waals surface area contributed by atoms with Crippen LogP contribution in [-0.2, 0) is 10.0 Å². The van der Waals surface area contributed by atoms with E-state index < -0.39 is 10.0 Å². The van der Waals surface area contributed by atoms with Gasteiger partial charge in [0.1, 0.15) is 0 Å². The highest BCUT2D eigenvalue weighted by Gasteiger charge is 2.17. The number of benzene rings is 1. The lowest BCUT2D eigenvalue weighted by Crippen LogP contribution is -2.36. The molecule has 0 aliphatic heterocycles. The molecular formula is C14H18N4O3S2. The molecule has 1 aromatic carbocycles. The highest BCUT2D eigenvalue weighted by atomic mass is 32.2. The molecule has 3 N–H and O–H groups in total. The number of thiazole rings is 1. The number of nitrogens with one attached hydrogen (secondary N) is 3. The number of anilines is 2. The number of hydrogen-bond donors (Lipinski definition) is 3. The molecule has 0 atom stereocenters. The molecule has 1 fully saturated rings. The highest BCUT2D eigenvalue weighted by Crippen LogP contribution is 2.28. The molecule has 9 heteroatoms. The second-order valence-electron chi connectivity index (χ2n) is 5.66. The second kappa shape index (κ2) is 6.32. The number of nitrogens with zero attached hydrogens (tertiary/aromatic N) is 1. The molecule has 23 heavy (non-hydrogen) atoms. The molecule has 0 radical (unpaired) electrons. The van der Waals surface area contributed by atoms with E-state index in [1.165, 1.54) is 11.3 Å². The van der Waals surface area contributed by atoms with Crippen LogP contribution in [0.5, 0.6) is 0 Å². The molecular weight excluding hydrogens is 336 g/mol. The standard InChI is InChI=1S/C14H18N4O3S2/c1-23(20,21)18-14-17-11-8-10(6-7-12(11)22-14)16-13(19)15-9-4-2-3-5-9/h6-9H,2-5H2,1H3,(H,17,18)(H2,15,16,19). The van der Waals surface area contributed by atoms with Crippen molar-refractivity contribution in [2.24, 2.45) is 0 Å². The molecule has 0 bridgehead atoms. The average Bonchev–Trinajstić information content (AvgIpc) is 3.04. The summed E-state index contributed by atoms with van der Waals surface area (Å²) >= 11 is 1.25. The number of rotatable bonds is 4. The van der Waals surface area contributed by atoms with Crippen molar-refractivity contribution in [2.45, 2.75) is 31.7 Å². The van der Waals surface area contributed by atoms with Crippen LogP contribution in [0.25, 0.3) is 10.2 Å². The minimum Gasteiger partial charge on any atom is -0.335 e. The zero-order chi connectivity index (χ0) is 16.4. The first-order chi connectivity index (χ1) is 10.9. The third-order valence-electron chi connectivity index (χ3n) is 3.61. The van der Waals surface area contributed by atoms with E-state index in [9.17, 15) is 13.2 Å². The molecule has 1 aliphatic carbocycles. The van der Waals surface area contributed by atoms with Crippen LogP contribution in [0.1, 0.15) is 25.7 Å². The van der Waals surface area contributed by atoms with Gasteiger partial charge in [0.25, 0.3) is 0 Å². The fourth-order valence-corrected chi connectivity index (χ4v) is 4.31. The molecule has 2 amide bonds. The number of carbonyl (C=O) groups is 1. The van der Waals surface area contributed by atoms with Crippen molar-refractivity contribution in [2.75, 3.05) is 16.3 Å². The van der Waals surface area contributed by atoms with Crippen molar-refractivity contribution < 1.29 is 13.2 Å². The number of aromatic nitrogens is 1. The molecule has 2 aromatic rings. The summed E-state index contributed by atoms with van der Waals surface area (Å²) in [7, 11) is -3.35. The molecule has 1 saturated carbocycles. The SMILES string of the molecule is CS(=O)(=O)Nc1nc2cc(NC(=O)NC3CCCC3)ccc2s1. The van der Waals surface area contributed by atoms with E-state index in [4.69, 9.17) is 0 Å². The van der Waals surface area contributed by atoms with Crippen molar-refractivity contribution >= 4 is 48.4 Å². The Morgan fingerprint density at radius 2 is 2.04 bits per heavy atom. The molecule has 7 nitrogen and oxygen atoms in total. The Bertz CT molecular complexity index is 826. The fourth-order valence-electron chi connectivity index (χ4n) is 2.63. The van der Waals surface area contributed by atoms with E-state index in [1.807, 2.05) is 6.07 Å². The molecule has 1 heterocycles. The van der Waals surface area contributed by atoms with Crippen molar-refractivity contribution in [1.82, 2.24) is 10.3 Å². The number of urea groups is 1. The van der Waals surface area contributed by atoms with Crippen LogP contribution in [0.3, 0.4) is 0 Å². The smallest absolute Gasteiger partial charge is 0.319 e. The monoisotopic (exact) mass is 354 g/mol. The van der Waals surface area contributed by atoms with Crippen molar-refractivity contribution in [1.29, 1.82) is 0 Å². The highest BCUT2D eigenvalue weighted by molar-refractivity contribution is 7.92. The normalized spacial score (nSPS) is 15.7. The second-order valence-corrected chi connectivity index (χ2v) is 8.43. The first-order valence-corrected chi connectivity index (χ1v) is 10.1. The van der Waals surface area contributed by atoms with Gasteiger partial charge in [0.2, 0.25) is 10.0 Å². The van der Waals surface area contributed by atoms with Gasteiger partial charge in [0.15, 0.2) is 5.13 Å². The predicted octanol–water partition coefficient (Wildman–Crippen LogP) is 2.73. The van der Waals surface area contributed by atoms with E-state index in [0.717, 1.165) is 36.6 Å². The summed E-state index contributed by atoms with van der Waals surface area (Å²) in [5, 5.41) is 6.06. The Kier molecular flexibility index (Phi) is 4.40. The number of sulfonamides is 1. The van der Waals surface area contributed by atoms with Gasteiger partial charge in [-0.3, -0.25) is 4.72 Å². The third-order valence-corrected chi connectivity index (χ3v) is 5.25. The van der Waals surface area contributed by atoms with Crippen LogP contribution < -0.4 is 15.4 Å². The van der Waals surface area contributed by atoms with Gasteiger partial charge in [-0.2, -0.15) is 0 Å². The Morgan fingerprint density at radius 1 is 1.30 bits per heavy atom. The quantitative estimate of drug-likeness (QED) is 0.786. The van der Waals surface area contributed by atoms with Crippen LogP contribution in [0, 0.1) is 0 Å². The van der Waals surface area contributed by atoms with E-state index in [2.05, 4.69) is 20.3 Å². The molecule has 3 rings (SSSR count). The van der Waals surface area contributed by atoms with Crippen molar-refractivity contribution in [3.8, 4) is 0 Å². The van der Waals surface area contributed by atoms with Crippen molar-refractivity contribution in [3.63, 3.8) is 0 Å². The Morgan fingerprint density at radius 3 is 2.74 bits per heavy atom. The number of amides is 2. The molecule has 0 spiro atoms. The Hall–Kier alpha value is -1.87. The van der Waals surface area contributed by atoms with Crippen LogP contribution in [0.15, 0.2) is 18.2 Å². The lowest BCUT2D eigenvalue weighted by molar-refractivity contribution is 0.248. The summed E-state index contributed by atoms with van der Waals surface area (Å²) in [6.07, 6.45) is 5.45. The van der Waals surface area contributed by atoms with E-state index in [0.29, 0.717) is 16.3 Å². The summed E-state index contributed by atoms with van der Waals surface area (Å²) < 4.78 is 25.7. The topological polar surface area (TPSA) is 100 Å². The van der Waals surface area contributed by atoms with Gasteiger partial charge >= 0.3 is 6.03 Å². The van der Waals surface area contributed by atoms with E-state index >= 15 is 0 Å². The lowest BCUT2D eigenvalue weighted by atomic mass is 10.2. The summed E-state index contributed by atoms with van der Waals surface area (Å²) in [4.78, 5) is 16.2. The minimum absolute atomic E-state index is 0.221.